The minimum Gasteiger partial charge on any atom is -0.456 e. The topological polar surface area (TPSA) is 55.8 Å². The molecule has 0 aromatic heterocycles. The number of ether oxygens (including phenoxy) is 2. The van der Waals surface area contributed by atoms with Crippen molar-refractivity contribution >= 4 is 5.97 Å². The highest BCUT2D eigenvalue weighted by atomic mass is 19.4. The Balaban J connectivity index is 2.51. The third-order valence-corrected chi connectivity index (χ3v) is 3.27. The van der Waals surface area contributed by atoms with Crippen LogP contribution in [0.15, 0.2) is 0 Å². The van der Waals surface area contributed by atoms with Gasteiger partial charge in [0.25, 0.3) is 0 Å². The number of unbranched alkanes of at least 4 members (excludes halogenated alkanes) is 2. The van der Waals surface area contributed by atoms with E-state index in [1.54, 1.807) is 0 Å². The first-order chi connectivity index (χ1) is 9.36. The number of aliphatic hydroxyl groups is 1. The summed E-state index contributed by atoms with van der Waals surface area (Å²) in [7, 11) is 0. The van der Waals surface area contributed by atoms with E-state index in [1.807, 2.05) is 6.92 Å². The number of halogens is 3. The van der Waals surface area contributed by atoms with Crippen LogP contribution in [0.5, 0.6) is 0 Å². The summed E-state index contributed by atoms with van der Waals surface area (Å²) in [6.07, 6.45) is -2.67. The molecule has 1 N–H and O–H groups in total. The molecule has 0 amide bonds. The summed E-state index contributed by atoms with van der Waals surface area (Å²) in [6.45, 7) is 1.76. The molecule has 0 unspecified atom stereocenters. The average molecular weight is 298 g/mol. The Labute approximate surface area is 116 Å². The van der Waals surface area contributed by atoms with Crippen LogP contribution in [0, 0.1) is 0 Å². The molecule has 0 aromatic carbocycles. The van der Waals surface area contributed by atoms with Crippen LogP contribution in [0.25, 0.3) is 0 Å². The molecule has 1 aliphatic rings. The molecule has 1 heterocycles. The largest absolute Gasteiger partial charge is 0.490 e. The maximum atomic E-state index is 12.2. The Hall–Kier alpha value is -0.820. The van der Waals surface area contributed by atoms with Gasteiger partial charge in [0.2, 0.25) is 0 Å². The summed E-state index contributed by atoms with van der Waals surface area (Å²) in [5.74, 6) is -2.17. The van der Waals surface area contributed by atoms with E-state index < -0.39 is 24.4 Å². The third kappa shape index (κ3) is 5.66. The van der Waals surface area contributed by atoms with E-state index in [1.165, 1.54) is 0 Å². The molecule has 0 saturated carbocycles. The van der Waals surface area contributed by atoms with E-state index in [0.29, 0.717) is 6.42 Å². The van der Waals surface area contributed by atoms with Crippen molar-refractivity contribution in [2.75, 3.05) is 6.61 Å². The Morgan fingerprint density at radius 1 is 1.30 bits per heavy atom. The zero-order chi connectivity index (χ0) is 15.2. The van der Waals surface area contributed by atoms with Crippen LogP contribution in [0.3, 0.4) is 0 Å². The number of hydrogen-bond donors (Lipinski definition) is 1. The molecule has 1 rings (SSSR count). The Morgan fingerprint density at radius 2 is 1.95 bits per heavy atom. The Morgan fingerprint density at radius 3 is 2.50 bits per heavy atom. The monoisotopic (exact) mass is 298 g/mol. The van der Waals surface area contributed by atoms with Crippen molar-refractivity contribution in [1.29, 1.82) is 0 Å². The standard InChI is InChI=1S/C13H21F3O4/c1-2-3-4-5-9-6-10(7-11(8-17)19-9)20-12(18)13(14,15)16/h9-11,17H,2-8H2,1H3/t9-,10+,11-/m0/s1. The summed E-state index contributed by atoms with van der Waals surface area (Å²) >= 11 is 0. The van der Waals surface area contributed by atoms with Gasteiger partial charge >= 0.3 is 12.1 Å². The van der Waals surface area contributed by atoms with Crippen molar-refractivity contribution in [3.8, 4) is 0 Å². The molecule has 3 atom stereocenters. The van der Waals surface area contributed by atoms with Crippen LogP contribution in [-0.4, -0.2) is 42.2 Å². The molecule has 7 heteroatoms. The summed E-state index contributed by atoms with van der Waals surface area (Å²) in [5, 5.41) is 9.10. The van der Waals surface area contributed by atoms with Gasteiger partial charge in [0, 0.05) is 12.8 Å². The SMILES string of the molecule is CCCCC[C@H]1C[C@@H](OC(=O)C(F)(F)F)C[C@@H](CO)O1. The van der Waals surface area contributed by atoms with Crippen LogP contribution in [0.2, 0.25) is 0 Å². The molecule has 4 nitrogen and oxygen atoms in total. The van der Waals surface area contributed by atoms with Crippen LogP contribution in [0.1, 0.15) is 45.4 Å². The molecular weight excluding hydrogens is 277 g/mol. The lowest BCUT2D eigenvalue weighted by Crippen LogP contribution is -2.41. The van der Waals surface area contributed by atoms with Gasteiger partial charge in [-0.15, -0.1) is 0 Å². The van der Waals surface area contributed by atoms with Gasteiger partial charge in [-0.25, -0.2) is 4.79 Å². The van der Waals surface area contributed by atoms with Crippen molar-refractivity contribution in [3.05, 3.63) is 0 Å². The maximum Gasteiger partial charge on any atom is 0.490 e. The second-order valence-electron chi connectivity index (χ2n) is 5.05. The quantitative estimate of drug-likeness (QED) is 0.605. The molecule has 1 saturated heterocycles. The lowest BCUT2D eigenvalue weighted by Gasteiger charge is -2.34. The minimum absolute atomic E-state index is 0.0998. The highest BCUT2D eigenvalue weighted by Gasteiger charge is 2.43. The van der Waals surface area contributed by atoms with E-state index in [2.05, 4.69) is 4.74 Å². The molecule has 1 fully saturated rings. The van der Waals surface area contributed by atoms with E-state index in [0.717, 1.165) is 19.3 Å². The second kappa shape index (κ2) is 7.83. The first kappa shape index (κ1) is 17.2. The first-order valence-corrected chi connectivity index (χ1v) is 6.91. The van der Waals surface area contributed by atoms with Crippen molar-refractivity contribution in [3.63, 3.8) is 0 Å². The highest BCUT2D eigenvalue weighted by molar-refractivity contribution is 5.75. The van der Waals surface area contributed by atoms with E-state index >= 15 is 0 Å². The third-order valence-electron chi connectivity index (χ3n) is 3.27. The predicted molar refractivity (Wildman–Crippen MR) is 65.1 cm³/mol. The van der Waals surface area contributed by atoms with Crippen molar-refractivity contribution in [2.24, 2.45) is 0 Å². The summed E-state index contributed by atoms with van der Waals surface area (Å²) in [5.41, 5.74) is 0. The number of carbonyl (C=O) groups excluding carboxylic acids is 1. The molecule has 0 aliphatic carbocycles. The molecule has 1 aliphatic heterocycles. The molecular formula is C13H21F3O4. The number of esters is 1. The Kier molecular flexibility index (Phi) is 6.75. The van der Waals surface area contributed by atoms with E-state index in [-0.39, 0.29) is 25.6 Å². The smallest absolute Gasteiger partial charge is 0.456 e. The fraction of sp³-hybridized carbons (Fsp3) is 0.923. The van der Waals surface area contributed by atoms with Crippen LogP contribution in [0.4, 0.5) is 13.2 Å². The van der Waals surface area contributed by atoms with Crippen molar-refractivity contribution in [2.45, 2.75) is 69.9 Å². The van der Waals surface area contributed by atoms with E-state index in [4.69, 9.17) is 9.84 Å². The van der Waals surface area contributed by atoms with E-state index in [9.17, 15) is 18.0 Å². The zero-order valence-corrected chi connectivity index (χ0v) is 11.5. The molecule has 20 heavy (non-hydrogen) atoms. The zero-order valence-electron chi connectivity index (χ0n) is 11.5. The average Bonchev–Trinajstić information content (AvgIpc) is 2.37. The fourth-order valence-electron chi connectivity index (χ4n) is 2.31. The predicted octanol–water partition coefficient (Wildman–Crippen LogP) is 2.58. The first-order valence-electron chi connectivity index (χ1n) is 6.91. The van der Waals surface area contributed by atoms with Gasteiger partial charge < -0.3 is 14.6 Å². The lowest BCUT2D eigenvalue weighted by molar-refractivity contribution is -0.213. The van der Waals surface area contributed by atoms with Crippen LogP contribution < -0.4 is 0 Å². The van der Waals surface area contributed by atoms with Crippen LogP contribution >= 0.6 is 0 Å². The number of carbonyl (C=O) groups is 1. The minimum atomic E-state index is -4.98. The number of hydrogen-bond acceptors (Lipinski definition) is 4. The molecule has 0 aromatic rings. The van der Waals surface area contributed by atoms with Gasteiger partial charge in [-0.2, -0.15) is 13.2 Å². The number of alkyl halides is 3. The van der Waals surface area contributed by atoms with Crippen molar-refractivity contribution < 1.29 is 32.5 Å². The van der Waals surface area contributed by atoms with Crippen molar-refractivity contribution in [1.82, 2.24) is 0 Å². The fourth-order valence-corrected chi connectivity index (χ4v) is 2.31. The van der Waals surface area contributed by atoms with Gasteiger partial charge in [-0.1, -0.05) is 26.2 Å². The normalized spacial score (nSPS) is 27.4. The number of aliphatic hydroxyl groups excluding tert-OH is 1. The Bertz CT molecular complexity index is 306. The summed E-state index contributed by atoms with van der Waals surface area (Å²) < 4.78 is 46.5. The molecule has 0 bridgehead atoms. The van der Waals surface area contributed by atoms with Gasteiger partial charge in [0.15, 0.2) is 0 Å². The van der Waals surface area contributed by atoms with Gasteiger partial charge in [-0.05, 0) is 6.42 Å². The lowest BCUT2D eigenvalue weighted by atomic mass is 9.97. The summed E-state index contributed by atoms with van der Waals surface area (Å²) in [4.78, 5) is 10.8. The molecule has 118 valence electrons. The van der Waals surface area contributed by atoms with Gasteiger partial charge in [-0.3, -0.25) is 0 Å². The molecule has 0 radical (unpaired) electrons. The van der Waals surface area contributed by atoms with Crippen LogP contribution in [-0.2, 0) is 14.3 Å². The summed E-state index contributed by atoms with van der Waals surface area (Å²) in [6, 6.07) is 0. The number of rotatable bonds is 6. The maximum absolute atomic E-state index is 12.2. The highest BCUT2D eigenvalue weighted by Crippen LogP contribution is 2.27. The van der Waals surface area contributed by atoms with Gasteiger partial charge in [0.1, 0.15) is 6.10 Å². The molecule has 0 spiro atoms. The second-order valence-corrected chi connectivity index (χ2v) is 5.05. The van der Waals surface area contributed by atoms with Gasteiger partial charge in [0.05, 0.1) is 18.8 Å².